The van der Waals surface area contributed by atoms with Gasteiger partial charge in [-0.2, -0.15) is 5.10 Å². The number of benzene rings is 1. The van der Waals surface area contributed by atoms with Crippen LogP contribution in [-0.2, 0) is 14.3 Å². The standard InChI is InChI=1S/C32H54N4O3Si2.ClH/c1-21(38-17-19-40(3,4)5)30-28(31(36-35-30)22(2)39-18-20-41(6,7)8)25-13-15-26(16-14-25)34-32(37)29(33)27(23-9-10-23)24-11-12-24;/h13-16,21-24,27,29H,9-12,17-20,33H2,1-8H3,(H,34,37)(H,35,36);1H/t21?,22?,29-;/m0./s1. The first-order valence-electron chi connectivity index (χ1n) is 15.7. The number of amides is 1. The summed E-state index contributed by atoms with van der Waals surface area (Å²) in [6.07, 6.45) is 4.58. The molecule has 2 unspecified atom stereocenters. The number of carbonyl (C=O) groups is 1. The van der Waals surface area contributed by atoms with Crippen molar-refractivity contribution in [3.63, 3.8) is 0 Å². The van der Waals surface area contributed by atoms with Crippen LogP contribution in [0.15, 0.2) is 24.3 Å². The second-order valence-corrected chi connectivity index (χ2v) is 26.1. The number of H-pyrrole nitrogens is 1. The first-order valence-corrected chi connectivity index (χ1v) is 23.1. The van der Waals surface area contributed by atoms with Crippen LogP contribution in [0.4, 0.5) is 5.69 Å². The van der Waals surface area contributed by atoms with Crippen molar-refractivity contribution in [2.24, 2.45) is 23.5 Å². The highest BCUT2D eigenvalue weighted by atomic mass is 35.5. The molecule has 4 N–H and O–H groups in total. The van der Waals surface area contributed by atoms with Gasteiger partial charge in [0, 0.05) is 40.6 Å². The van der Waals surface area contributed by atoms with Gasteiger partial charge in [0.2, 0.25) is 5.91 Å². The van der Waals surface area contributed by atoms with E-state index >= 15 is 0 Å². The minimum Gasteiger partial charge on any atom is -0.373 e. The van der Waals surface area contributed by atoms with E-state index in [0.717, 1.165) is 53.5 Å². The minimum absolute atomic E-state index is 0. The maximum absolute atomic E-state index is 13.1. The first kappa shape index (κ1) is 35.0. The van der Waals surface area contributed by atoms with E-state index < -0.39 is 22.2 Å². The third-order valence-electron chi connectivity index (χ3n) is 8.54. The number of nitrogens with two attached hydrogens (primary N) is 1. The van der Waals surface area contributed by atoms with E-state index in [1.54, 1.807) is 0 Å². The zero-order valence-corrected chi connectivity index (χ0v) is 29.9. The molecule has 2 aromatic rings. The molecule has 10 heteroatoms. The van der Waals surface area contributed by atoms with Gasteiger partial charge in [-0.1, -0.05) is 51.4 Å². The Kier molecular flexibility index (Phi) is 12.1. The fourth-order valence-corrected chi connectivity index (χ4v) is 7.02. The summed E-state index contributed by atoms with van der Waals surface area (Å²) in [6, 6.07) is 9.84. The quantitative estimate of drug-likeness (QED) is 0.162. The number of carbonyl (C=O) groups excluding carboxylic acids is 1. The zero-order valence-electron chi connectivity index (χ0n) is 27.1. The van der Waals surface area contributed by atoms with Crippen LogP contribution < -0.4 is 11.1 Å². The van der Waals surface area contributed by atoms with Crippen molar-refractivity contribution in [1.29, 1.82) is 0 Å². The minimum atomic E-state index is -1.20. The average Bonchev–Trinajstić information content (AvgIpc) is 3.82. The summed E-state index contributed by atoms with van der Waals surface area (Å²) in [5.74, 6) is 1.53. The van der Waals surface area contributed by atoms with E-state index in [1.807, 2.05) is 12.1 Å². The highest BCUT2D eigenvalue weighted by molar-refractivity contribution is 6.76. The van der Waals surface area contributed by atoms with Crippen molar-refractivity contribution in [2.45, 2.75) is 109 Å². The molecule has 2 aliphatic carbocycles. The number of hydrogen-bond donors (Lipinski definition) is 3. The molecule has 2 fully saturated rings. The van der Waals surface area contributed by atoms with Gasteiger partial charge in [-0.15, -0.1) is 12.4 Å². The predicted octanol–water partition coefficient (Wildman–Crippen LogP) is 8.03. The molecule has 1 amide bonds. The normalized spacial score (nSPS) is 18.0. The van der Waals surface area contributed by atoms with Crippen LogP contribution in [-0.4, -0.2) is 51.5 Å². The molecule has 0 radical (unpaired) electrons. The number of hydrogen-bond acceptors (Lipinski definition) is 5. The van der Waals surface area contributed by atoms with Crippen molar-refractivity contribution in [1.82, 2.24) is 10.2 Å². The topological polar surface area (TPSA) is 102 Å². The highest BCUT2D eigenvalue weighted by Gasteiger charge is 2.46. The summed E-state index contributed by atoms with van der Waals surface area (Å²) >= 11 is 0. The Hall–Kier alpha value is -1.50. The van der Waals surface area contributed by atoms with Gasteiger partial charge in [-0.05, 0) is 87.1 Å². The molecule has 0 aliphatic heterocycles. The summed E-state index contributed by atoms with van der Waals surface area (Å²) < 4.78 is 12.6. The smallest absolute Gasteiger partial charge is 0.241 e. The molecule has 1 aromatic heterocycles. The lowest BCUT2D eigenvalue weighted by atomic mass is 9.89. The molecule has 0 bridgehead atoms. The Bertz CT molecular complexity index is 1100. The maximum Gasteiger partial charge on any atom is 0.241 e. The average molecular weight is 635 g/mol. The summed E-state index contributed by atoms with van der Waals surface area (Å²) in [7, 11) is -2.40. The fraction of sp³-hybridized carbons (Fsp3) is 0.688. The molecule has 2 aliphatic rings. The second kappa shape index (κ2) is 14.5. The van der Waals surface area contributed by atoms with E-state index in [-0.39, 0.29) is 30.5 Å². The van der Waals surface area contributed by atoms with Gasteiger partial charge in [0.15, 0.2) is 0 Å². The molecule has 7 nitrogen and oxygen atoms in total. The van der Waals surface area contributed by atoms with Gasteiger partial charge in [0.05, 0.1) is 29.6 Å². The lowest BCUT2D eigenvalue weighted by Gasteiger charge is -2.23. The van der Waals surface area contributed by atoms with Crippen molar-refractivity contribution in [3.05, 3.63) is 35.7 Å². The third kappa shape index (κ3) is 10.0. The van der Waals surface area contributed by atoms with Crippen LogP contribution >= 0.6 is 12.4 Å². The molecular weight excluding hydrogens is 580 g/mol. The van der Waals surface area contributed by atoms with E-state index in [4.69, 9.17) is 20.3 Å². The third-order valence-corrected chi connectivity index (χ3v) is 12.0. The Balaban J connectivity index is 0.00000484. The second-order valence-electron chi connectivity index (χ2n) is 14.9. The number of nitrogens with zero attached hydrogens (tertiary/aromatic N) is 1. The summed E-state index contributed by atoms with van der Waals surface area (Å²) in [5, 5.41) is 11.1. The monoisotopic (exact) mass is 634 g/mol. The highest BCUT2D eigenvalue weighted by Crippen LogP contribution is 2.50. The van der Waals surface area contributed by atoms with Crippen molar-refractivity contribution < 1.29 is 14.3 Å². The number of halogens is 1. The summed E-state index contributed by atoms with van der Waals surface area (Å²) in [5.41, 5.74) is 11.2. The van der Waals surface area contributed by atoms with Crippen molar-refractivity contribution in [2.75, 3.05) is 18.5 Å². The Morgan fingerprint density at radius 2 is 1.43 bits per heavy atom. The van der Waals surface area contributed by atoms with E-state index in [0.29, 0.717) is 17.8 Å². The molecule has 1 aromatic carbocycles. The first-order chi connectivity index (χ1) is 19.2. The van der Waals surface area contributed by atoms with Crippen LogP contribution in [0.3, 0.4) is 0 Å². The number of aromatic amines is 1. The maximum atomic E-state index is 13.1. The predicted molar refractivity (Wildman–Crippen MR) is 182 cm³/mol. The van der Waals surface area contributed by atoms with Gasteiger partial charge in [0.25, 0.3) is 0 Å². The number of anilines is 1. The molecule has 3 atom stereocenters. The summed E-state index contributed by atoms with van der Waals surface area (Å²) in [4.78, 5) is 13.1. The van der Waals surface area contributed by atoms with Gasteiger partial charge >= 0.3 is 0 Å². The fourth-order valence-electron chi connectivity index (χ4n) is 5.56. The van der Waals surface area contributed by atoms with Crippen molar-refractivity contribution in [3.8, 4) is 11.1 Å². The molecule has 236 valence electrons. The Morgan fingerprint density at radius 1 is 0.929 bits per heavy atom. The summed E-state index contributed by atoms with van der Waals surface area (Å²) in [6.45, 7) is 19.8. The van der Waals surface area contributed by atoms with Crippen LogP contribution in [0.2, 0.25) is 51.4 Å². The van der Waals surface area contributed by atoms with Crippen LogP contribution in [0, 0.1) is 17.8 Å². The van der Waals surface area contributed by atoms with E-state index in [1.165, 1.54) is 25.7 Å². The molecule has 0 saturated heterocycles. The van der Waals surface area contributed by atoms with Crippen LogP contribution in [0.1, 0.15) is 63.1 Å². The van der Waals surface area contributed by atoms with Crippen LogP contribution in [0.25, 0.3) is 11.1 Å². The number of nitrogens with one attached hydrogen (secondary N) is 2. The largest absolute Gasteiger partial charge is 0.373 e. The van der Waals surface area contributed by atoms with Gasteiger partial charge in [0.1, 0.15) is 0 Å². The SMILES string of the molecule is CC(OCC[Si](C)(C)C)c1n[nH]c(C(C)OCC[Si](C)(C)C)c1-c1ccc(NC(=O)[C@@H](N)C(C2CC2)C2CC2)cc1.Cl. The Morgan fingerprint density at radius 3 is 1.90 bits per heavy atom. The van der Waals surface area contributed by atoms with Crippen LogP contribution in [0.5, 0.6) is 0 Å². The van der Waals surface area contributed by atoms with E-state index in [2.05, 4.69) is 75.7 Å². The molecule has 1 heterocycles. The molecule has 42 heavy (non-hydrogen) atoms. The van der Waals surface area contributed by atoms with E-state index in [9.17, 15) is 4.79 Å². The molecular formula is C32H55ClN4O3Si2. The lowest BCUT2D eigenvalue weighted by Crippen LogP contribution is -2.43. The van der Waals surface area contributed by atoms with Gasteiger partial charge in [-0.3, -0.25) is 9.89 Å². The van der Waals surface area contributed by atoms with Crippen molar-refractivity contribution >= 4 is 40.1 Å². The van der Waals surface area contributed by atoms with Gasteiger partial charge in [-0.25, -0.2) is 0 Å². The molecule has 0 spiro atoms. The number of ether oxygens (including phenoxy) is 2. The lowest BCUT2D eigenvalue weighted by molar-refractivity contribution is -0.118. The zero-order chi connectivity index (χ0) is 29.9. The molecule has 2 saturated carbocycles. The Labute approximate surface area is 261 Å². The van der Waals surface area contributed by atoms with Gasteiger partial charge < -0.3 is 20.5 Å². The molecule has 4 rings (SSSR count). The number of aromatic nitrogens is 2. The number of rotatable bonds is 16.